The molecule has 1 heterocycles. The molecule has 1 N–H and O–H groups in total. The van der Waals surface area contributed by atoms with Crippen LogP contribution in [0.1, 0.15) is 11.3 Å². The molecule has 0 aliphatic carbocycles. The number of furan rings is 1. The number of hydrogen-bond donors (Lipinski definition) is 1. The second kappa shape index (κ2) is 5.75. The normalized spacial score (nSPS) is 12.2. The number of carbonyl (C=O) groups excluding carboxylic acids is 1. The van der Waals surface area contributed by atoms with E-state index in [1.807, 2.05) is 6.92 Å². The van der Waals surface area contributed by atoms with E-state index in [2.05, 4.69) is 5.32 Å². The van der Waals surface area contributed by atoms with Gasteiger partial charge < -0.3 is 9.73 Å². The molecule has 0 radical (unpaired) electrons. The minimum absolute atomic E-state index is 0.107. The molecule has 0 saturated heterocycles. The molecule has 5 nitrogen and oxygen atoms in total. The third-order valence-corrected chi connectivity index (χ3v) is 4.35. The second-order valence-electron chi connectivity index (χ2n) is 4.10. The Bertz CT molecular complexity index is 713. The Morgan fingerprint density at radius 3 is 2.45 bits per heavy atom. The Kier molecular flexibility index (Phi) is 4.05. The molecular weight excluding hydrogens is 278 g/mol. The van der Waals surface area contributed by atoms with Crippen molar-refractivity contribution in [3.8, 4) is 0 Å². The van der Waals surface area contributed by atoms with Crippen LogP contribution in [0.4, 0.5) is 0 Å². The highest BCUT2D eigenvalue weighted by atomic mass is 32.2. The van der Waals surface area contributed by atoms with Gasteiger partial charge in [0, 0.05) is 6.08 Å². The number of sulfone groups is 1. The maximum Gasteiger partial charge on any atom is 0.222 e. The number of nitrogens with one attached hydrogen (secondary N) is 1. The maximum absolute atomic E-state index is 12.4. The van der Waals surface area contributed by atoms with Crippen molar-refractivity contribution in [1.82, 2.24) is 5.32 Å². The quantitative estimate of drug-likeness (QED) is 0.856. The lowest BCUT2D eigenvalue weighted by molar-refractivity contribution is -0.108. The highest BCUT2D eigenvalue weighted by molar-refractivity contribution is 7.95. The van der Waals surface area contributed by atoms with Crippen molar-refractivity contribution in [2.45, 2.75) is 11.8 Å². The van der Waals surface area contributed by atoms with Crippen LogP contribution < -0.4 is 5.32 Å². The molecule has 2 aromatic rings. The molecule has 1 amide bonds. The van der Waals surface area contributed by atoms with Crippen LogP contribution in [-0.4, -0.2) is 14.8 Å². The van der Waals surface area contributed by atoms with E-state index in [0.29, 0.717) is 12.2 Å². The van der Waals surface area contributed by atoms with Crippen LogP contribution >= 0.6 is 0 Å². The summed E-state index contributed by atoms with van der Waals surface area (Å²) in [4.78, 5) is 10.7. The van der Waals surface area contributed by atoms with Gasteiger partial charge in [0.15, 0.2) is 0 Å². The summed E-state index contributed by atoms with van der Waals surface area (Å²) >= 11 is 0. The monoisotopic (exact) mass is 291 g/mol. The van der Waals surface area contributed by atoms with E-state index in [-0.39, 0.29) is 9.92 Å². The SMILES string of the molecule is Cc1ccc(S(=O)(=O)/C(=C\c2ccco2)NC=O)cc1. The van der Waals surface area contributed by atoms with Gasteiger partial charge in [-0.2, -0.15) is 0 Å². The lowest BCUT2D eigenvalue weighted by Gasteiger charge is -2.07. The fourth-order valence-corrected chi connectivity index (χ4v) is 2.82. The topological polar surface area (TPSA) is 76.4 Å². The maximum atomic E-state index is 12.4. The first kappa shape index (κ1) is 14.1. The first-order chi connectivity index (χ1) is 9.54. The number of hydrogen-bond acceptors (Lipinski definition) is 4. The van der Waals surface area contributed by atoms with Crippen molar-refractivity contribution in [3.05, 3.63) is 59.0 Å². The molecule has 6 heteroatoms. The van der Waals surface area contributed by atoms with Crippen molar-refractivity contribution in [2.75, 3.05) is 0 Å². The predicted molar refractivity (Wildman–Crippen MR) is 74.2 cm³/mol. The van der Waals surface area contributed by atoms with Gasteiger partial charge in [-0.15, -0.1) is 0 Å². The third kappa shape index (κ3) is 2.97. The summed E-state index contributed by atoms with van der Waals surface area (Å²) in [5.74, 6) is 0.338. The van der Waals surface area contributed by atoms with Gasteiger partial charge in [0.25, 0.3) is 0 Å². The summed E-state index contributed by atoms with van der Waals surface area (Å²) in [6, 6.07) is 9.59. The third-order valence-electron chi connectivity index (χ3n) is 2.64. The molecular formula is C14H13NO4S. The van der Waals surface area contributed by atoms with Gasteiger partial charge >= 0.3 is 0 Å². The number of aryl methyl sites for hydroxylation is 1. The van der Waals surface area contributed by atoms with Crippen LogP contribution in [0.2, 0.25) is 0 Å². The highest BCUT2D eigenvalue weighted by Crippen LogP contribution is 2.20. The first-order valence-electron chi connectivity index (χ1n) is 5.81. The molecule has 2 rings (SSSR count). The fraction of sp³-hybridized carbons (Fsp3) is 0.0714. The van der Waals surface area contributed by atoms with Gasteiger partial charge in [-0.25, -0.2) is 8.42 Å². The largest absolute Gasteiger partial charge is 0.465 e. The van der Waals surface area contributed by atoms with Crippen LogP contribution in [-0.2, 0) is 14.6 Å². The minimum Gasteiger partial charge on any atom is -0.465 e. The lowest BCUT2D eigenvalue weighted by atomic mass is 10.2. The van der Waals surface area contributed by atoms with Crippen molar-refractivity contribution in [2.24, 2.45) is 0 Å². The predicted octanol–water partition coefficient (Wildman–Crippen LogP) is 2.11. The summed E-state index contributed by atoms with van der Waals surface area (Å²) in [7, 11) is -3.80. The average Bonchev–Trinajstić information content (AvgIpc) is 2.92. The molecule has 0 aliphatic heterocycles. The number of amides is 1. The Morgan fingerprint density at radius 1 is 1.20 bits per heavy atom. The van der Waals surface area contributed by atoms with E-state index in [1.54, 1.807) is 24.3 Å². The van der Waals surface area contributed by atoms with E-state index in [4.69, 9.17) is 4.42 Å². The van der Waals surface area contributed by atoms with E-state index < -0.39 is 9.84 Å². The molecule has 0 saturated carbocycles. The molecule has 1 aromatic carbocycles. The summed E-state index contributed by atoms with van der Waals surface area (Å²) in [5.41, 5.74) is 0.948. The molecule has 20 heavy (non-hydrogen) atoms. The number of benzene rings is 1. The molecule has 0 atom stereocenters. The van der Waals surface area contributed by atoms with Gasteiger partial charge in [0.1, 0.15) is 10.8 Å². The van der Waals surface area contributed by atoms with Crippen molar-refractivity contribution in [3.63, 3.8) is 0 Å². The molecule has 0 bridgehead atoms. The van der Waals surface area contributed by atoms with E-state index in [1.165, 1.54) is 24.5 Å². The Balaban J connectivity index is 2.47. The molecule has 1 aromatic heterocycles. The summed E-state index contributed by atoms with van der Waals surface area (Å²) in [6.45, 7) is 1.86. The zero-order chi connectivity index (χ0) is 14.6. The Labute approximate surface area is 116 Å². The molecule has 0 aliphatic rings. The summed E-state index contributed by atoms with van der Waals surface area (Å²) in [6.07, 6.45) is 3.01. The molecule has 0 spiro atoms. The zero-order valence-corrected chi connectivity index (χ0v) is 11.6. The fourth-order valence-electron chi connectivity index (χ4n) is 1.60. The van der Waals surface area contributed by atoms with Crippen molar-refractivity contribution >= 4 is 22.3 Å². The average molecular weight is 291 g/mol. The van der Waals surface area contributed by atoms with Gasteiger partial charge in [-0.1, -0.05) is 17.7 Å². The lowest BCUT2D eigenvalue weighted by Crippen LogP contribution is -2.19. The smallest absolute Gasteiger partial charge is 0.222 e. The minimum atomic E-state index is -3.80. The van der Waals surface area contributed by atoms with Gasteiger partial charge in [0.05, 0.1) is 11.2 Å². The van der Waals surface area contributed by atoms with Crippen LogP contribution in [0, 0.1) is 6.92 Å². The van der Waals surface area contributed by atoms with Crippen LogP contribution in [0.15, 0.2) is 57.0 Å². The van der Waals surface area contributed by atoms with E-state index in [9.17, 15) is 13.2 Å². The second-order valence-corrected chi connectivity index (χ2v) is 6.02. The van der Waals surface area contributed by atoms with Crippen LogP contribution in [0.3, 0.4) is 0 Å². The first-order valence-corrected chi connectivity index (χ1v) is 7.29. The number of rotatable bonds is 5. The molecule has 0 unspecified atom stereocenters. The Hall–Kier alpha value is -2.34. The van der Waals surface area contributed by atoms with Crippen LogP contribution in [0.5, 0.6) is 0 Å². The van der Waals surface area contributed by atoms with Gasteiger partial charge in [0.2, 0.25) is 16.2 Å². The van der Waals surface area contributed by atoms with Crippen LogP contribution in [0.25, 0.3) is 6.08 Å². The van der Waals surface area contributed by atoms with Crippen molar-refractivity contribution in [1.29, 1.82) is 0 Å². The highest BCUT2D eigenvalue weighted by Gasteiger charge is 2.20. The van der Waals surface area contributed by atoms with E-state index in [0.717, 1.165) is 5.56 Å². The van der Waals surface area contributed by atoms with Gasteiger partial charge in [-0.3, -0.25) is 4.79 Å². The standard InChI is InChI=1S/C14H13NO4S/c1-11-4-6-13(7-5-11)20(17,18)14(15-10-16)9-12-3-2-8-19-12/h2-10H,1H3,(H,15,16)/b14-9-. The zero-order valence-electron chi connectivity index (χ0n) is 10.7. The number of carbonyl (C=O) groups is 1. The van der Waals surface area contributed by atoms with E-state index >= 15 is 0 Å². The van der Waals surface area contributed by atoms with Crippen molar-refractivity contribution < 1.29 is 17.6 Å². The molecule has 104 valence electrons. The Morgan fingerprint density at radius 2 is 1.90 bits per heavy atom. The molecule has 0 fully saturated rings. The van der Waals surface area contributed by atoms with Gasteiger partial charge in [-0.05, 0) is 31.2 Å². The summed E-state index contributed by atoms with van der Waals surface area (Å²) in [5, 5.41) is 1.98. The summed E-state index contributed by atoms with van der Waals surface area (Å²) < 4.78 is 29.9.